The van der Waals surface area contributed by atoms with E-state index in [4.69, 9.17) is 10.2 Å². The number of aliphatic hydroxyl groups excluding tert-OH is 2. The van der Waals surface area contributed by atoms with Crippen molar-refractivity contribution in [3.05, 3.63) is 0 Å². The quantitative estimate of drug-likeness (QED) is 0.280. The van der Waals surface area contributed by atoms with Crippen molar-refractivity contribution in [3.8, 4) is 0 Å². The lowest BCUT2D eigenvalue weighted by Gasteiger charge is -2.14. The monoisotopic (exact) mass is 159 g/mol. The van der Waals surface area contributed by atoms with Crippen LogP contribution in [0.3, 0.4) is 0 Å². The molecule has 0 bridgehead atoms. The second-order valence-electron chi connectivity index (χ2n) is 2.20. The molecule has 0 aliphatic heterocycles. The third-order valence-electron chi connectivity index (χ3n) is 1.19. The molecule has 2 unspecified atom stereocenters. The molecule has 5 heteroatoms. The summed E-state index contributed by atoms with van der Waals surface area (Å²) >= 11 is 0. The molecule has 0 aromatic carbocycles. The lowest BCUT2D eigenvalue weighted by atomic mass is 9.73. The predicted molar refractivity (Wildman–Crippen MR) is 45.1 cm³/mol. The Kier molecular flexibility index (Phi) is 6.55. The molecule has 1 radical (unpaired) electrons. The first-order chi connectivity index (χ1) is 5.20. The van der Waals surface area contributed by atoms with Crippen LogP contribution < -0.4 is 10.6 Å². The smallest absolute Gasteiger partial charge is 0.227 e. The predicted octanol–water partition coefficient (Wildman–Crippen LogP) is -1.54. The average Bonchev–Trinajstić information content (AvgIpc) is 1.87. The van der Waals surface area contributed by atoms with E-state index in [1.807, 2.05) is 13.8 Å². The van der Waals surface area contributed by atoms with E-state index in [0.717, 1.165) is 0 Å². The first-order valence-electron chi connectivity index (χ1n) is 3.88. The Morgan fingerprint density at radius 2 is 1.45 bits per heavy atom. The topological polar surface area (TPSA) is 64.5 Å². The summed E-state index contributed by atoms with van der Waals surface area (Å²) in [6, 6.07) is 0. The Labute approximate surface area is 68.2 Å². The molecule has 0 amide bonds. The van der Waals surface area contributed by atoms with Gasteiger partial charge in [-0.3, -0.25) is 0 Å². The van der Waals surface area contributed by atoms with Gasteiger partial charge in [-0.25, -0.2) is 0 Å². The molecule has 0 saturated heterocycles. The fourth-order valence-electron chi connectivity index (χ4n) is 0.727. The highest BCUT2D eigenvalue weighted by molar-refractivity contribution is 6.38. The minimum atomic E-state index is -0.742. The lowest BCUT2D eigenvalue weighted by molar-refractivity contribution is 0.177. The third-order valence-corrected chi connectivity index (χ3v) is 1.19. The van der Waals surface area contributed by atoms with Crippen LogP contribution in [0, 0.1) is 0 Å². The number of rotatable bonds is 6. The molecule has 0 heterocycles. The van der Waals surface area contributed by atoms with E-state index < -0.39 is 12.3 Å². The van der Waals surface area contributed by atoms with E-state index in [0.29, 0.717) is 13.1 Å². The van der Waals surface area contributed by atoms with Crippen LogP contribution in [-0.4, -0.2) is 42.8 Å². The maximum absolute atomic E-state index is 9.08. The molecule has 0 aromatic rings. The highest BCUT2D eigenvalue weighted by atomic mass is 16.3. The van der Waals surface area contributed by atoms with E-state index in [2.05, 4.69) is 10.6 Å². The van der Waals surface area contributed by atoms with Crippen molar-refractivity contribution in [1.82, 2.24) is 10.6 Å². The van der Waals surface area contributed by atoms with Crippen molar-refractivity contribution < 1.29 is 10.2 Å². The second kappa shape index (κ2) is 6.60. The molecule has 0 saturated carbocycles. The third kappa shape index (κ3) is 6.31. The average molecular weight is 159 g/mol. The van der Waals surface area contributed by atoms with Gasteiger partial charge < -0.3 is 20.8 Å². The zero-order valence-corrected chi connectivity index (χ0v) is 7.04. The first-order valence-corrected chi connectivity index (χ1v) is 3.88. The molecule has 4 N–H and O–H groups in total. The molecule has 0 spiro atoms. The van der Waals surface area contributed by atoms with Crippen LogP contribution >= 0.6 is 0 Å². The van der Waals surface area contributed by atoms with Crippen LogP contribution in [0.15, 0.2) is 0 Å². The molecular weight excluding hydrogens is 143 g/mol. The van der Waals surface area contributed by atoms with Gasteiger partial charge in [-0.15, -0.1) is 0 Å². The molecule has 0 rings (SSSR count). The van der Waals surface area contributed by atoms with Gasteiger partial charge in [0.05, 0.1) is 12.3 Å². The summed E-state index contributed by atoms with van der Waals surface area (Å²) in [4.78, 5) is 0. The highest BCUT2D eigenvalue weighted by Crippen LogP contribution is 1.78. The Morgan fingerprint density at radius 1 is 1.09 bits per heavy atom. The highest BCUT2D eigenvalue weighted by Gasteiger charge is 2.11. The minimum absolute atomic E-state index is 0.677. The van der Waals surface area contributed by atoms with Crippen molar-refractivity contribution in [1.29, 1.82) is 0 Å². The summed E-state index contributed by atoms with van der Waals surface area (Å²) < 4.78 is 0. The van der Waals surface area contributed by atoms with E-state index >= 15 is 0 Å². The van der Waals surface area contributed by atoms with E-state index in [9.17, 15) is 0 Å². The zero-order valence-electron chi connectivity index (χ0n) is 7.04. The van der Waals surface area contributed by atoms with Gasteiger partial charge in [0.25, 0.3) is 0 Å². The fraction of sp³-hybridized carbons (Fsp3) is 1.00. The normalized spacial score (nSPS) is 16.0. The van der Waals surface area contributed by atoms with E-state index in [-0.39, 0.29) is 0 Å². The molecule has 2 atom stereocenters. The van der Waals surface area contributed by atoms with Crippen LogP contribution in [0.25, 0.3) is 0 Å². The maximum Gasteiger partial charge on any atom is 0.227 e. The lowest BCUT2D eigenvalue weighted by Crippen LogP contribution is -2.45. The van der Waals surface area contributed by atoms with Crippen LogP contribution in [0.2, 0.25) is 0 Å². The molecular formula is C6H16BN2O2. The summed E-state index contributed by atoms with van der Waals surface area (Å²) in [7, 11) is 1.40. The van der Waals surface area contributed by atoms with Crippen LogP contribution in [0.5, 0.6) is 0 Å². The van der Waals surface area contributed by atoms with Crippen molar-refractivity contribution >= 4 is 7.28 Å². The van der Waals surface area contributed by atoms with E-state index in [1.54, 1.807) is 0 Å². The van der Waals surface area contributed by atoms with Crippen molar-refractivity contribution in [2.75, 3.05) is 13.1 Å². The van der Waals surface area contributed by atoms with Gasteiger partial charge >= 0.3 is 0 Å². The van der Waals surface area contributed by atoms with Crippen LogP contribution in [0.4, 0.5) is 0 Å². The molecule has 0 fully saturated rings. The molecule has 11 heavy (non-hydrogen) atoms. The summed E-state index contributed by atoms with van der Waals surface area (Å²) in [6.45, 7) is 5.13. The molecule has 0 aromatic heterocycles. The van der Waals surface area contributed by atoms with Gasteiger partial charge in [0.1, 0.15) is 0 Å². The Hall–Kier alpha value is -0.0951. The number of nitrogens with one attached hydrogen (secondary N) is 2. The first kappa shape index (κ1) is 10.9. The van der Waals surface area contributed by atoms with Crippen LogP contribution in [-0.2, 0) is 0 Å². The molecule has 0 aliphatic rings. The van der Waals surface area contributed by atoms with Gasteiger partial charge in [0.15, 0.2) is 0 Å². The minimum Gasteiger partial charge on any atom is -0.387 e. The number of hydrogen-bond acceptors (Lipinski definition) is 4. The van der Waals surface area contributed by atoms with Gasteiger partial charge in [-0.1, -0.05) is 13.8 Å². The van der Waals surface area contributed by atoms with E-state index in [1.165, 1.54) is 7.28 Å². The largest absolute Gasteiger partial charge is 0.387 e. The molecule has 0 aliphatic carbocycles. The van der Waals surface area contributed by atoms with Gasteiger partial charge in [-0.2, -0.15) is 0 Å². The summed E-state index contributed by atoms with van der Waals surface area (Å²) in [5, 5.41) is 23.6. The number of aliphatic hydroxyl groups is 2. The van der Waals surface area contributed by atoms with Crippen molar-refractivity contribution in [2.45, 2.75) is 26.1 Å². The molecule has 4 nitrogen and oxygen atoms in total. The standard InChI is InChI=1S/C6H16BN2O2/c1-3-8-5(10)7-6(11)9-4-2/h5-6,8-11H,3-4H2,1-2H3. The van der Waals surface area contributed by atoms with Gasteiger partial charge in [0.2, 0.25) is 7.28 Å². The zero-order chi connectivity index (χ0) is 8.69. The second-order valence-corrected chi connectivity index (χ2v) is 2.20. The Bertz CT molecular complexity index is 84.7. The molecule has 65 valence electrons. The SMILES string of the molecule is CCNC(O)[B]C(O)NCC. The summed E-state index contributed by atoms with van der Waals surface area (Å²) in [5.41, 5.74) is 0. The Morgan fingerprint density at radius 3 is 1.73 bits per heavy atom. The van der Waals surface area contributed by atoms with Gasteiger partial charge in [-0.05, 0) is 13.1 Å². The summed E-state index contributed by atoms with van der Waals surface area (Å²) in [6.07, 6.45) is -1.48. The maximum atomic E-state index is 9.08. The van der Waals surface area contributed by atoms with Gasteiger partial charge in [0, 0.05) is 0 Å². The summed E-state index contributed by atoms with van der Waals surface area (Å²) in [5.74, 6) is 0. The number of hydrogen-bond donors (Lipinski definition) is 4. The van der Waals surface area contributed by atoms with Crippen LogP contribution in [0.1, 0.15) is 13.8 Å². The van der Waals surface area contributed by atoms with Crippen molar-refractivity contribution in [2.24, 2.45) is 0 Å². The fourth-order valence-corrected chi connectivity index (χ4v) is 0.727. The Balaban J connectivity index is 3.32. The van der Waals surface area contributed by atoms with Crippen molar-refractivity contribution in [3.63, 3.8) is 0 Å².